The van der Waals surface area contributed by atoms with Gasteiger partial charge in [-0.1, -0.05) is 63.4 Å². The molecule has 0 aliphatic heterocycles. The number of hydrogen-bond acceptors (Lipinski definition) is 1. The molecule has 0 aromatic heterocycles. The zero-order valence-electron chi connectivity index (χ0n) is 10.5. The van der Waals surface area contributed by atoms with Gasteiger partial charge in [0.25, 0.3) is 0 Å². The van der Waals surface area contributed by atoms with Crippen LogP contribution in [0.1, 0.15) is 24.1 Å². The van der Waals surface area contributed by atoms with Crippen LogP contribution in [-0.4, -0.2) is 0 Å². The number of benzene rings is 2. The van der Waals surface area contributed by atoms with Crippen molar-refractivity contribution in [2.75, 3.05) is 0 Å². The molecule has 0 heterocycles. The third kappa shape index (κ3) is 3.96. The second-order valence-corrected chi connectivity index (χ2v) is 6.06. The Bertz CT molecular complexity index is 572. The van der Waals surface area contributed by atoms with E-state index in [0.717, 1.165) is 10.0 Å². The average Bonchev–Trinajstić information content (AvgIpc) is 2.38. The van der Waals surface area contributed by atoms with E-state index in [0.29, 0.717) is 16.6 Å². The average molecular weight is 359 g/mol. The zero-order chi connectivity index (χ0) is 13.8. The van der Waals surface area contributed by atoms with Crippen molar-refractivity contribution in [1.82, 2.24) is 5.32 Å². The first kappa shape index (κ1) is 14.9. The quantitative estimate of drug-likeness (QED) is 0.749. The van der Waals surface area contributed by atoms with Crippen LogP contribution in [0.4, 0.5) is 0 Å². The smallest absolute Gasteiger partial charge is 0.0465 e. The summed E-state index contributed by atoms with van der Waals surface area (Å²) in [5, 5.41) is 4.81. The predicted octanol–water partition coefficient (Wildman–Crippen LogP) is 5.61. The van der Waals surface area contributed by atoms with E-state index < -0.39 is 0 Å². The Morgan fingerprint density at radius 2 is 1.89 bits per heavy atom. The molecule has 2 aromatic carbocycles. The molecule has 1 N–H and O–H groups in total. The fourth-order valence-electron chi connectivity index (χ4n) is 1.86. The minimum atomic E-state index is 0.238. The van der Waals surface area contributed by atoms with Crippen LogP contribution in [0.3, 0.4) is 0 Å². The maximum absolute atomic E-state index is 6.16. The highest BCUT2D eigenvalue weighted by molar-refractivity contribution is 9.10. The highest BCUT2D eigenvalue weighted by atomic mass is 79.9. The van der Waals surface area contributed by atoms with Gasteiger partial charge in [-0.05, 0) is 36.2 Å². The third-order valence-electron chi connectivity index (χ3n) is 2.99. The minimum absolute atomic E-state index is 0.238. The SMILES string of the molecule is CC(NCc1ccc(Cl)cc1Cl)c1ccccc1Br. The van der Waals surface area contributed by atoms with Crippen LogP contribution in [0.5, 0.6) is 0 Å². The molecule has 1 atom stereocenters. The largest absolute Gasteiger partial charge is 0.306 e. The van der Waals surface area contributed by atoms with Crippen molar-refractivity contribution >= 4 is 39.1 Å². The van der Waals surface area contributed by atoms with Crippen LogP contribution in [0.15, 0.2) is 46.9 Å². The fraction of sp³-hybridized carbons (Fsp3) is 0.200. The van der Waals surface area contributed by atoms with Gasteiger partial charge in [-0.3, -0.25) is 0 Å². The molecule has 19 heavy (non-hydrogen) atoms. The van der Waals surface area contributed by atoms with E-state index in [2.05, 4.69) is 34.2 Å². The van der Waals surface area contributed by atoms with E-state index in [-0.39, 0.29) is 6.04 Å². The highest BCUT2D eigenvalue weighted by Gasteiger charge is 2.09. The Balaban J connectivity index is 2.04. The molecule has 100 valence electrons. The molecule has 0 bridgehead atoms. The van der Waals surface area contributed by atoms with Gasteiger partial charge in [0.15, 0.2) is 0 Å². The normalized spacial score (nSPS) is 12.4. The molecule has 1 unspecified atom stereocenters. The van der Waals surface area contributed by atoms with Crippen LogP contribution >= 0.6 is 39.1 Å². The molecule has 2 rings (SSSR count). The van der Waals surface area contributed by atoms with Gasteiger partial charge < -0.3 is 5.32 Å². The van der Waals surface area contributed by atoms with Gasteiger partial charge in [-0.15, -0.1) is 0 Å². The first-order valence-corrected chi connectivity index (χ1v) is 7.54. The summed E-state index contributed by atoms with van der Waals surface area (Å²) in [6.45, 7) is 2.84. The molecule has 2 aromatic rings. The van der Waals surface area contributed by atoms with Crippen molar-refractivity contribution in [3.05, 3.63) is 68.1 Å². The predicted molar refractivity (Wildman–Crippen MR) is 85.9 cm³/mol. The summed E-state index contributed by atoms with van der Waals surface area (Å²) in [5.74, 6) is 0. The lowest BCUT2D eigenvalue weighted by Gasteiger charge is -2.16. The molecule has 0 saturated carbocycles. The van der Waals surface area contributed by atoms with Crippen molar-refractivity contribution in [3.8, 4) is 0 Å². The Hall–Kier alpha value is -0.540. The van der Waals surface area contributed by atoms with E-state index in [4.69, 9.17) is 23.2 Å². The van der Waals surface area contributed by atoms with Crippen molar-refractivity contribution in [2.45, 2.75) is 19.5 Å². The summed E-state index contributed by atoms with van der Waals surface area (Å²) < 4.78 is 1.11. The lowest BCUT2D eigenvalue weighted by Crippen LogP contribution is -2.18. The summed E-state index contributed by atoms with van der Waals surface area (Å²) in [4.78, 5) is 0. The van der Waals surface area contributed by atoms with Crippen LogP contribution < -0.4 is 5.32 Å². The highest BCUT2D eigenvalue weighted by Crippen LogP contribution is 2.25. The maximum Gasteiger partial charge on any atom is 0.0465 e. The summed E-state index contributed by atoms with van der Waals surface area (Å²) >= 11 is 15.6. The Kier molecular flexibility index (Phi) is 5.28. The van der Waals surface area contributed by atoms with E-state index in [1.165, 1.54) is 5.56 Å². The number of nitrogens with one attached hydrogen (secondary N) is 1. The van der Waals surface area contributed by atoms with Crippen LogP contribution in [0.2, 0.25) is 10.0 Å². The van der Waals surface area contributed by atoms with Crippen LogP contribution in [0, 0.1) is 0 Å². The van der Waals surface area contributed by atoms with Crippen LogP contribution in [-0.2, 0) is 6.54 Å². The molecule has 0 aliphatic carbocycles. The standard InChI is InChI=1S/C15H14BrCl2N/c1-10(13-4-2-3-5-14(13)16)19-9-11-6-7-12(17)8-15(11)18/h2-8,10,19H,9H2,1H3. The second kappa shape index (κ2) is 6.76. The van der Waals surface area contributed by atoms with Crippen molar-refractivity contribution in [3.63, 3.8) is 0 Å². The first-order valence-electron chi connectivity index (χ1n) is 5.99. The van der Waals surface area contributed by atoms with Gasteiger partial charge in [-0.25, -0.2) is 0 Å². The lowest BCUT2D eigenvalue weighted by molar-refractivity contribution is 0.573. The number of hydrogen-bond donors (Lipinski definition) is 1. The number of rotatable bonds is 4. The molecule has 0 saturated heterocycles. The van der Waals surface area contributed by atoms with E-state index in [1.807, 2.05) is 30.3 Å². The molecule has 0 spiro atoms. The van der Waals surface area contributed by atoms with Gasteiger partial charge in [-0.2, -0.15) is 0 Å². The third-order valence-corrected chi connectivity index (χ3v) is 4.29. The molecule has 0 radical (unpaired) electrons. The maximum atomic E-state index is 6.16. The zero-order valence-corrected chi connectivity index (χ0v) is 13.6. The Labute approximate surface area is 132 Å². The van der Waals surface area contributed by atoms with Gasteiger partial charge in [0.2, 0.25) is 0 Å². The molecular weight excluding hydrogens is 345 g/mol. The minimum Gasteiger partial charge on any atom is -0.306 e. The van der Waals surface area contributed by atoms with Crippen molar-refractivity contribution in [2.24, 2.45) is 0 Å². The van der Waals surface area contributed by atoms with E-state index >= 15 is 0 Å². The molecule has 0 amide bonds. The van der Waals surface area contributed by atoms with Gasteiger partial charge in [0, 0.05) is 27.1 Å². The molecule has 1 nitrogen and oxygen atoms in total. The summed E-state index contributed by atoms with van der Waals surface area (Å²) in [6, 6.07) is 14.0. The van der Waals surface area contributed by atoms with Gasteiger partial charge in [0.05, 0.1) is 0 Å². The van der Waals surface area contributed by atoms with Gasteiger partial charge in [0.1, 0.15) is 0 Å². The Morgan fingerprint density at radius 1 is 1.16 bits per heavy atom. The Morgan fingerprint density at radius 3 is 2.58 bits per heavy atom. The first-order chi connectivity index (χ1) is 9.08. The van der Waals surface area contributed by atoms with E-state index in [9.17, 15) is 0 Å². The van der Waals surface area contributed by atoms with Crippen molar-refractivity contribution in [1.29, 1.82) is 0 Å². The monoisotopic (exact) mass is 357 g/mol. The summed E-state index contributed by atoms with van der Waals surface area (Å²) in [5.41, 5.74) is 2.28. The molecule has 4 heteroatoms. The topological polar surface area (TPSA) is 12.0 Å². The second-order valence-electron chi connectivity index (χ2n) is 4.36. The van der Waals surface area contributed by atoms with E-state index in [1.54, 1.807) is 6.07 Å². The summed E-state index contributed by atoms with van der Waals surface area (Å²) in [7, 11) is 0. The van der Waals surface area contributed by atoms with Crippen LogP contribution in [0.25, 0.3) is 0 Å². The molecular formula is C15H14BrCl2N. The summed E-state index contributed by atoms with van der Waals surface area (Å²) in [6.07, 6.45) is 0. The number of halogens is 3. The fourth-order valence-corrected chi connectivity index (χ4v) is 2.97. The lowest BCUT2D eigenvalue weighted by atomic mass is 10.1. The van der Waals surface area contributed by atoms with Gasteiger partial charge >= 0.3 is 0 Å². The van der Waals surface area contributed by atoms with Crippen molar-refractivity contribution < 1.29 is 0 Å². The molecule has 0 aliphatic rings. The molecule has 0 fully saturated rings.